The molecule has 0 amide bonds. The zero-order valence-electron chi connectivity index (χ0n) is 12.4. The van der Waals surface area contributed by atoms with E-state index in [2.05, 4.69) is 4.72 Å². The van der Waals surface area contributed by atoms with Gasteiger partial charge in [0.15, 0.2) is 0 Å². The average Bonchev–Trinajstić information content (AvgIpc) is 3.04. The van der Waals surface area contributed by atoms with E-state index in [0.29, 0.717) is 13.0 Å². The Hall–Kier alpha value is -0.960. The molecule has 6 nitrogen and oxygen atoms in total. The first kappa shape index (κ1) is 15.9. The molecule has 1 aliphatic heterocycles. The van der Waals surface area contributed by atoms with E-state index in [9.17, 15) is 16.8 Å². The number of aryl methyl sites for hydroxylation is 2. The molecule has 1 saturated heterocycles. The van der Waals surface area contributed by atoms with Gasteiger partial charge in [0.25, 0.3) is 0 Å². The monoisotopic (exact) mass is 344 g/mol. The Bertz CT molecular complexity index is 787. The summed E-state index contributed by atoms with van der Waals surface area (Å²) >= 11 is 0. The number of hydrogen-bond acceptors (Lipinski definition) is 4. The van der Waals surface area contributed by atoms with Crippen molar-refractivity contribution < 1.29 is 16.8 Å². The first-order valence-corrected chi connectivity index (χ1v) is 10.7. The zero-order chi connectivity index (χ0) is 16.0. The lowest BCUT2D eigenvalue weighted by atomic mass is 10.1. The fourth-order valence-electron chi connectivity index (χ4n) is 3.13. The predicted octanol–water partition coefficient (Wildman–Crippen LogP) is 0.488. The molecule has 1 heterocycles. The lowest BCUT2D eigenvalue weighted by Gasteiger charge is -2.15. The van der Waals surface area contributed by atoms with Crippen molar-refractivity contribution in [2.24, 2.45) is 0 Å². The van der Waals surface area contributed by atoms with Crippen LogP contribution in [-0.4, -0.2) is 46.5 Å². The molecule has 1 aliphatic carbocycles. The Morgan fingerprint density at radius 1 is 1.14 bits per heavy atom. The summed E-state index contributed by atoms with van der Waals surface area (Å²) in [6, 6.07) is 4.89. The van der Waals surface area contributed by atoms with Crippen molar-refractivity contribution in [1.82, 2.24) is 9.03 Å². The summed E-state index contributed by atoms with van der Waals surface area (Å²) in [4.78, 5) is 0.269. The summed E-state index contributed by atoms with van der Waals surface area (Å²) in [5.41, 5.74) is 2.33. The second-order valence-electron chi connectivity index (χ2n) is 6.01. The van der Waals surface area contributed by atoms with Crippen LogP contribution in [0.2, 0.25) is 0 Å². The van der Waals surface area contributed by atoms with Crippen LogP contribution in [-0.2, 0) is 32.9 Å². The van der Waals surface area contributed by atoms with Crippen molar-refractivity contribution in [2.75, 3.05) is 19.3 Å². The topological polar surface area (TPSA) is 83.6 Å². The minimum Gasteiger partial charge on any atom is -0.213 e. The number of nitrogens with one attached hydrogen (secondary N) is 1. The van der Waals surface area contributed by atoms with Gasteiger partial charge in [-0.3, -0.25) is 0 Å². The van der Waals surface area contributed by atoms with Crippen molar-refractivity contribution in [1.29, 1.82) is 0 Å². The van der Waals surface area contributed by atoms with Crippen molar-refractivity contribution in [3.8, 4) is 0 Å². The van der Waals surface area contributed by atoms with Crippen LogP contribution in [0, 0.1) is 0 Å². The van der Waals surface area contributed by atoms with Gasteiger partial charge in [-0.15, -0.1) is 0 Å². The van der Waals surface area contributed by atoms with E-state index < -0.39 is 20.0 Å². The Morgan fingerprint density at radius 3 is 2.55 bits per heavy atom. The summed E-state index contributed by atoms with van der Waals surface area (Å²) in [5, 5.41) is 0. The first-order chi connectivity index (χ1) is 10.3. The van der Waals surface area contributed by atoms with E-state index in [-0.39, 0.29) is 17.5 Å². The standard InChI is InChI=1S/C14H20N2O4S2/c1-21(17,18)16-8-7-13(10-16)15-22(19,20)14-6-5-11-3-2-4-12(11)9-14/h5-6,9,13,15H,2-4,7-8,10H2,1H3. The summed E-state index contributed by atoms with van der Waals surface area (Å²) in [6.45, 7) is 0.555. The third-order valence-electron chi connectivity index (χ3n) is 4.32. The molecule has 1 aromatic carbocycles. The molecule has 8 heteroatoms. The summed E-state index contributed by atoms with van der Waals surface area (Å²) in [5.74, 6) is 0. The average molecular weight is 344 g/mol. The summed E-state index contributed by atoms with van der Waals surface area (Å²) < 4.78 is 51.9. The molecule has 22 heavy (non-hydrogen) atoms. The Labute approximate surface area is 131 Å². The quantitative estimate of drug-likeness (QED) is 0.861. The van der Waals surface area contributed by atoms with E-state index in [0.717, 1.165) is 31.1 Å². The highest BCUT2D eigenvalue weighted by atomic mass is 32.2. The highest BCUT2D eigenvalue weighted by molar-refractivity contribution is 7.89. The smallest absolute Gasteiger partial charge is 0.213 e. The maximum atomic E-state index is 12.5. The van der Waals surface area contributed by atoms with Crippen LogP contribution in [0.5, 0.6) is 0 Å². The van der Waals surface area contributed by atoms with E-state index in [1.807, 2.05) is 6.07 Å². The number of nitrogens with zero attached hydrogens (tertiary/aromatic N) is 1. The van der Waals surface area contributed by atoms with Gasteiger partial charge >= 0.3 is 0 Å². The summed E-state index contributed by atoms with van der Waals surface area (Å²) in [7, 11) is -6.87. The molecule has 3 rings (SSSR count). The van der Waals surface area contributed by atoms with Gasteiger partial charge in [0.05, 0.1) is 11.2 Å². The number of rotatable bonds is 4. The van der Waals surface area contributed by atoms with E-state index in [1.165, 1.54) is 9.87 Å². The minimum atomic E-state index is -3.61. The number of benzene rings is 1. The highest BCUT2D eigenvalue weighted by Gasteiger charge is 2.31. The van der Waals surface area contributed by atoms with Gasteiger partial charge in [0.2, 0.25) is 20.0 Å². The van der Waals surface area contributed by atoms with Crippen LogP contribution in [0.15, 0.2) is 23.1 Å². The van der Waals surface area contributed by atoms with Crippen LogP contribution < -0.4 is 4.72 Å². The maximum Gasteiger partial charge on any atom is 0.240 e. The van der Waals surface area contributed by atoms with Crippen molar-refractivity contribution in [3.63, 3.8) is 0 Å². The summed E-state index contributed by atoms with van der Waals surface area (Å²) in [6.07, 6.45) is 4.64. The lowest BCUT2D eigenvalue weighted by Crippen LogP contribution is -2.38. The van der Waals surface area contributed by atoms with E-state index in [1.54, 1.807) is 12.1 Å². The third kappa shape index (κ3) is 3.19. The van der Waals surface area contributed by atoms with Gasteiger partial charge in [-0.2, -0.15) is 0 Å². The number of hydrogen-bond donors (Lipinski definition) is 1. The largest absolute Gasteiger partial charge is 0.240 e. The van der Waals surface area contributed by atoms with Gasteiger partial charge in [-0.05, 0) is 48.9 Å². The molecule has 0 saturated carbocycles. The highest BCUT2D eigenvalue weighted by Crippen LogP contribution is 2.25. The predicted molar refractivity (Wildman–Crippen MR) is 83.6 cm³/mol. The minimum absolute atomic E-state index is 0.197. The molecule has 1 fully saturated rings. The van der Waals surface area contributed by atoms with E-state index in [4.69, 9.17) is 0 Å². The van der Waals surface area contributed by atoms with Gasteiger partial charge in [0, 0.05) is 19.1 Å². The Kier molecular flexibility index (Phi) is 4.05. The first-order valence-electron chi connectivity index (χ1n) is 7.35. The van der Waals surface area contributed by atoms with Crippen LogP contribution in [0.1, 0.15) is 24.0 Å². The van der Waals surface area contributed by atoms with Gasteiger partial charge in [-0.25, -0.2) is 25.9 Å². The van der Waals surface area contributed by atoms with Crippen molar-refractivity contribution >= 4 is 20.0 Å². The molecule has 0 aromatic heterocycles. The molecule has 1 unspecified atom stereocenters. The number of sulfonamides is 2. The fraction of sp³-hybridized carbons (Fsp3) is 0.571. The molecular formula is C14H20N2O4S2. The maximum absolute atomic E-state index is 12.5. The molecular weight excluding hydrogens is 324 g/mol. The second-order valence-corrected chi connectivity index (χ2v) is 9.71. The van der Waals surface area contributed by atoms with Crippen LogP contribution >= 0.6 is 0 Å². The molecule has 0 radical (unpaired) electrons. The Morgan fingerprint density at radius 2 is 1.86 bits per heavy atom. The van der Waals surface area contributed by atoms with Crippen molar-refractivity contribution in [3.05, 3.63) is 29.3 Å². The molecule has 1 atom stereocenters. The lowest BCUT2D eigenvalue weighted by molar-refractivity contribution is 0.472. The Balaban J connectivity index is 1.75. The number of fused-ring (bicyclic) bond motifs is 1. The second kappa shape index (κ2) is 5.59. The van der Waals surface area contributed by atoms with Gasteiger partial charge in [-0.1, -0.05) is 6.07 Å². The normalized spacial score (nSPS) is 22.9. The van der Waals surface area contributed by atoms with Gasteiger partial charge < -0.3 is 0 Å². The van der Waals surface area contributed by atoms with Crippen molar-refractivity contribution in [2.45, 2.75) is 36.6 Å². The van der Waals surface area contributed by atoms with Crippen LogP contribution in [0.4, 0.5) is 0 Å². The fourth-order valence-corrected chi connectivity index (χ4v) is 5.33. The SMILES string of the molecule is CS(=O)(=O)N1CCC(NS(=O)(=O)c2ccc3c(c2)CCC3)C1. The van der Waals surface area contributed by atoms with Crippen LogP contribution in [0.3, 0.4) is 0 Å². The molecule has 0 spiro atoms. The molecule has 0 bridgehead atoms. The van der Waals surface area contributed by atoms with E-state index >= 15 is 0 Å². The zero-order valence-corrected chi connectivity index (χ0v) is 14.1. The van der Waals surface area contributed by atoms with Gasteiger partial charge in [0.1, 0.15) is 0 Å². The molecule has 2 aliphatic rings. The van der Waals surface area contributed by atoms with Crippen LogP contribution in [0.25, 0.3) is 0 Å². The molecule has 122 valence electrons. The molecule has 1 aromatic rings. The molecule has 1 N–H and O–H groups in total. The third-order valence-corrected chi connectivity index (χ3v) is 7.11.